The zero-order valence-corrected chi connectivity index (χ0v) is 8.43. The second kappa shape index (κ2) is 3.63. The first kappa shape index (κ1) is 10.5. The van der Waals surface area contributed by atoms with E-state index in [9.17, 15) is 13.2 Å². The second-order valence-electron chi connectivity index (χ2n) is 3.11. The van der Waals surface area contributed by atoms with Crippen LogP contribution < -0.4 is 5.32 Å². The average Bonchev–Trinajstić information content (AvgIpc) is 2.49. The molecule has 0 aliphatic carbocycles. The van der Waals surface area contributed by atoms with Gasteiger partial charge in [-0.1, -0.05) is 0 Å². The van der Waals surface area contributed by atoms with Gasteiger partial charge < -0.3 is 10.1 Å². The highest BCUT2D eigenvalue weighted by molar-refractivity contribution is 7.91. The monoisotopic (exact) mass is 207 g/mol. The Morgan fingerprint density at radius 3 is 2.62 bits per heavy atom. The van der Waals surface area contributed by atoms with E-state index >= 15 is 0 Å². The Balaban J connectivity index is 2.82. The molecule has 1 saturated heterocycles. The van der Waals surface area contributed by atoms with Crippen LogP contribution in [0.5, 0.6) is 0 Å². The van der Waals surface area contributed by atoms with Crippen molar-refractivity contribution in [2.24, 2.45) is 0 Å². The molecule has 6 heteroatoms. The van der Waals surface area contributed by atoms with Crippen LogP contribution in [0.25, 0.3) is 0 Å². The summed E-state index contributed by atoms with van der Waals surface area (Å²) in [5, 5.41) is 2.17. The van der Waals surface area contributed by atoms with Crippen molar-refractivity contribution in [2.75, 3.05) is 19.9 Å². The topological polar surface area (TPSA) is 72.5 Å². The first-order valence-corrected chi connectivity index (χ1v) is 5.92. The summed E-state index contributed by atoms with van der Waals surface area (Å²) in [5.74, 6) is -0.507. The molecular formula is C7H13NO4S. The molecule has 5 nitrogen and oxygen atoms in total. The number of hydrogen-bond acceptors (Lipinski definition) is 5. The minimum atomic E-state index is -3.17. The smallest absolute Gasteiger partial charge is 0.324 e. The number of carbonyl (C=O) groups is 1. The molecule has 0 spiro atoms. The van der Waals surface area contributed by atoms with Crippen LogP contribution in [0.2, 0.25) is 0 Å². The maximum absolute atomic E-state index is 11.2. The minimum Gasteiger partial charge on any atom is -0.468 e. The fourth-order valence-electron chi connectivity index (χ4n) is 1.50. The van der Waals surface area contributed by atoms with E-state index in [0.717, 1.165) is 6.26 Å². The van der Waals surface area contributed by atoms with E-state index in [0.29, 0.717) is 13.0 Å². The van der Waals surface area contributed by atoms with Crippen molar-refractivity contribution in [3.63, 3.8) is 0 Å². The van der Waals surface area contributed by atoms with E-state index < -0.39 is 27.1 Å². The van der Waals surface area contributed by atoms with Gasteiger partial charge >= 0.3 is 5.97 Å². The highest BCUT2D eigenvalue weighted by Crippen LogP contribution is 2.16. The lowest BCUT2D eigenvalue weighted by Gasteiger charge is -2.14. The van der Waals surface area contributed by atoms with E-state index in [4.69, 9.17) is 0 Å². The van der Waals surface area contributed by atoms with Crippen LogP contribution in [-0.2, 0) is 19.4 Å². The van der Waals surface area contributed by atoms with Gasteiger partial charge in [-0.2, -0.15) is 0 Å². The lowest BCUT2D eigenvalue weighted by molar-refractivity contribution is -0.142. The molecule has 0 aromatic heterocycles. The van der Waals surface area contributed by atoms with Gasteiger partial charge in [0.25, 0.3) is 0 Å². The number of hydrogen-bond donors (Lipinski definition) is 1. The van der Waals surface area contributed by atoms with Gasteiger partial charge in [0.15, 0.2) is 9.84 Å². The predicted molar refractivity (Wildman–Crippen MR) is 47.1 cm³/mol. The van der Waals surface area contributed by atoms with Crippen LogP contribution in [0, 0.1) is 0 Å². The van der Waals surface area contributed by atoms with Gasteiger partial charge in [-0.25, -0.2) is 8.42 Å². The Morgan fingerprint density at radius 1 is 1.54 bits per heavy atom. The molecule has 1 heterocycles. The van der Waals surface area contributed by atoms with Crippen molar-refractivity contribution in [1.82, 2.24) is 5.32 Å². The Morgan fingerprint density at radius 2 is 2.15 bits per heavy atom. The molecule has 0 amide bonds. The first-order valence-electron chi connectivity index (χ1n) is 3.97. The number of nitrogens with one attached hydrogen (secondary N) is 1. The molecule has 2 atom stereocenters. The molecule has 0 aromatic carbocycles. The number of methoxy groups -OCH3 is 1. The Kier molecular flexibility index (Phi) is 2.92. The number of carbonyl (C=O) groups excluding carboxylic acids is 1. The summed E-state index contributed by atoms with van der Waals surface area (Å²) in [5.41, 5.74) is 0. The highest BCUT2D eigenvalue weighted by atomic mass is 32.2. The fourth-order valence-corrected chi connectivity index (χ4v) is 2.75. The normalized spacial score (nSPS) is 28.8. The molecule has 1 rings (SSSR count). The first-order chi connectivity index (χ1) is 5.96. The van der Waals surface area contributed by atoms with Crippen LogP contribution in [0.1, 0.15) is 6.42 Å². The minimum absolute atomic E-state index is 0.471. The molecule has 76 valence electrons. The third-order valence-corrected chi connectivity index (χ3v) is 3.78. The quantitative estimate of drug-likeness (QED) is 0.584. The largest absolute Gasteiger partial charge is 0.468 e. The molecule has 0 bridgehead atoms. The standard InChI is InChI=1S/C7H13NO4S/c1-12-7(9)6-5(3-4-8-6)13(2,10)11/h5-6,8H,3-4H2,1-2H3. The summed E-state index contributed by atoms with van der Waals surface area (Å²) in [6, 6.07) is -0.694. The summed E-state index contributed by atoms with van der Waals surface area (Å²) >= 11 is 0. The molecular weight excluding hydrogens is 194 g/mol. The van der Waals surface area contributed by atoms with Gasteiger partial charge in [0, 0.05) is 6.26 Å². The van der Waals surface area contributed by atoms with E-state index in [1.165, 1.54) is 7.11 Å². The molecule has 1 fully saturated rings. The molecule has 0 saturated carbocycles. The maximum Gasteiger partial charge on any atom is 0.324 e. The second-order valence-corrected chi connectivity index (χ2v) is 5.38. The average molecular weight is 207 g/mol. The van der Waals surface area contributed by atoms with Crippen molar-refractivity contribution in [3.8, 4) is 0 Å². The van der Waals surface area contributed by atoms with Gasteiger partial charge in [-0.15, -0.1) is 0 Å². The third-order valence-electron chi connectivity index (χ3n) is 2.17. The van der Waals surface area contributed by atoms with Crippen molar-refractivity contribution in [3.05, 3.63) is 0 Å². The Labute approximate surface area is 77.4 Å². The number of esters is 1. The SMILES string of the molecule is COC(=O)C1NCCC1S(C)(=O)=O. The molecule has 13 heavy (non-hydrogen) atoms. The van der Waals surface area contributed by atoms with E-state index in [1.54, 1.807) is 0 Å². The van der Waals surface area contributed by atoms with Crippen LogP contribution in [0.3, 0.4) is 0 Å². The third kappa shape index (κ3) is 2.19. The molecule has 0 radical (unpaired) electrons. The van der Waals surface area contributed by atoms with E-state index in [-0.39, 0.29) is 0 Å². The molecule has 1 aliphatic rings. The summed E-state index contributed by atoms with van der Waals surface area (Å²) in [6.07, 6.45) is 1.61. The summed E-state index contributed by atoms with van der Waals surface area (Å²) in [7, 11) is -1.92. The van der Waals surface area contributed by atoms with Gasteiger partial charge in [0.1, 0.15) is 6.04 Å². The van der Waals surface area contributed by atoms with Gasteiger partial charge in [0.2, 0.25) is 0 Å². The number of sulfone groups is 1. The predicted octanol–water partition coefficient (Wildman–Crippen LogP) is -1.07. The van der Waals surface area contributed by atoms with Crippen molar-refractivity contribution in [1.29, 1.82) is 0 Å². The number of rotatable bonds is 2. The van der Waals surface area contributed by atoms with Gasteiger partial charge in [-0.3, -0.25) is 4.79 Å². The summed E-state index contributed by atoms with van der Waals surface area (Å²) < 4.78 is 26.9. The van der Waals surface area contributed by atoms with E-state index in [1.807, 2.05) is 0 Å². The van der Waals surface area contributed by atoms with Crippen LogP contribution >= 0.6 is 0 Å². The Bertz CT molecular complexity index is 298. The van der Waals surface area contributed by atoms with Crippen LogP contribution in [0.15, 0.2) is 0 Å². The van der Waals surface area contributed by atoms with Crippen molar-refractivity contribution < 1.29 is 17.9 Å². The number of ether oxygens (including phenoxy) is 1. The maximum atomic E-state index is 11.2. The van der Waals surface area contributed by atoms with Crippen molar-refractivity contribution in [2.45, 2.75) is 17.7 Å². The molecule has 2 unspecified atom stereocenters. The van der Waals surface area contributed by atoms with Crippen LogP contribution in [-0.4, -0.2) is 45.6 Å². The zero-order chi connectivity index (χ0) is 10.1. The van der Waals surface area contributed by atoms with Crippen LogP contribution in [0.4, 0.5) is 0 Å². The fraction of sp³-hybridized carbons (Fsp3) is 0.857. The summed E-state index contributed by atoms with van der Waals surface area (Å²) in [4.78, 5) is 11.1. The molecule has 0 aromatic rings. The summed E-state index contributed by atoms with van der Waals surface area (Å²) in [6.45, 7) is 0.539. The van der Waals surface area contributed by atoms with Gasteiger partial charge in [0.05, 0.1) is 12.4 Å². The Hall–Kier alpha value is -0.620. The zero-order valence-electron chi connectivity index (χ0n) is 7.61. The molecule has 1 aliphatic heterocycles. The van der Waals surface area contributed by atoms with Gasteiger partial charge in [-0.05, 0) is 13.0 Å². The van der Waals surface area contributed by atoms with Crippen molar-refractivity contribution >= 4 is 15.8 Å². The molecule has 1 N–H and O–H groups in total. The lowest BCUT2D eigenvalue weighted by Crippen LogP contribution is -2.42. The highest BCUT2D eigenvalue weighted by Gasteiger charge is 2.39. The van der Waals surface area contributed by atoms with E-state index in [2.05, 4.69) is 10.1 Å². The lowest BCUT2D eigenvalue weighted by atomic mass is 10.2.